The van der Waals surface area contributed by atoms with E-state index in [9.17, 15) is 43.5 Å². The maximum atomic E-state index is 14.6. The van der Waals surface area contributed by atoms with Crippen LogP contribution >= 0.6 is 0 Å². The predicted octanol–water partition coefficient (Wildman–Crippen LogP) is 1.27. The molecule has 0 bridgehead atoms. The molecule has 10 N–H and O–H groups in total. The largest absolute Gasteiger partial charge is 0.480 e. The summed E-state index contributed by atoms with van der Waals surface area (Å²) in [6, 6.07) is 10.0. The lowest BCUT2D eigenvalue weighted by atomic mass is 9.96. The second-order valence-electron chi connectivity index (χ2n) is 15.9. The minimum atomic E-state index is -1.42. The van der Waals surface area contributed by atoms with Gasteiger partial charge in [0.25, 0.3) is 0 Å². The fraction of sp³-hybridized carbons (Fsp3) is 0.556. The standard InChI is InChI=1S/C45H67N9O9/c1-5-29(3)38-42(59)49-33(24-23-30-17-9-7-10-18-30)39(56)50-35(28-37(55)47-4)43(60)54(6-2)36(27-31-19-11-8-12-20-31)41(58)48-26-16-14-21-32(40(57)53-38)51-45(63)52-34(44(61)62)22-13-15-25-46/h7-12,17-20,29,32-36,38H,5-6,13-16,21-28,46H2,1-4H3,(H,47,55)(H,48,58)(H,49,59)(H,50,56)(H,53,57)(H,61,62)(H2,51,52,63). The highest BCUT2D eigenvalue weighted by Gasteiger charge is 2.38. The molecule has 18 nitrogen and oxygen atoms in total. The molecule has 7 atom stereocenters. The van der Waals surface area contributed by atoms with Gasteiger partial charge in [-0.2, -0.15) is 0 Å². The number of rotatable bonds is 17. The number of benzene rings is 2. The Morgan fingerprint density at radius 2 is 1.49 bits per heavy atom. The van der Waals surface area contributed by atoms with Crippen LogP contribution in [-0.4, -0.2) is 120 Å². The molecule has 1 aliphatic rings. The molecule has 18 heteroatoms. The van der Waals surface area contributed by atoms with E-state index >= 15 is 0 Å². The summed E-state index contributed by atoms with van der Waals surface area (Å²) in [7, 11) is 1.40. The molecule has 2 aromatic carbocycles. The number of carboxylic acids is 1. The first-order valence-electron chi connectivity index (χ1n) is 22.0. The van der Waals surface area contributed by atoms with Crippen molar-refractivity contribution in [1.82, 2.24) is 42.1 Å². The van der Waals surface area contributed by atoms with Crippen molar-refractivity contribution in [3.05, 3.63) is 71.8 Å². The summed E-state index contributed by atoms with van der Waals surface area (Å²) in [5.74, 6) is -5.59. The number of hydrogen-bond acceptors (Lipinski definition) is 9. The Morgan fingerprint density at radius 3 is 2.10 bits per heavy atom. The van der Waals surface area contributed by atoms with Crippen molar-refractivity contribution >= 4 is 47.4 Å². The molecule has 1 aliphatic heterocycles. The van der Waals surface area contributed by atoms with E-state index in [1.165, 1.54) is 11.9 Å². The summed E-state index contributed by atoms with van der Waals surface area (Å²) in [4.78, 5) is 111. The van der Waals surface area contributed by atoms with Crippen LogP contribution in [0.3, 0.4) is 0 Å². The number of amides is 8. The van der Waals surface area contributed by atoms with Gasteiger partial charge in [-0.25, -0.2) is 9.59 Å². The third-order valence-electron chi connectivity index (χ3n) is 11.2. The van der Waals surface area contributed by atoms with Crippen LogP contribution in [0.5, 0.6) is 0 Å². The second kappa shape index (κ2) is 27.1. The van der Waals surface area contributed by atoms with Crippen molar-refractivity contribution in [2.75, 3.05) is 26.7 Å². The van der Waals surface area contributed by atoms with Crippen LogP contribution in [0.2, 0.25) is 0 Å². The Balaban J connectivity index is 2.09. The smallest absolute Gasteiger partial charge is 0.326 e. The minimum Gasteiger partial charge on any atom is -0.480 e. The Labute approximate surface area is 370 Å². The van der Waals surface area contributed by atoms with E-state index in [0.29, 0.717) is 45.1 Å². The molecule has 3 rings (SSSR count). The molecule has 2 aromatic rings. The fourth-order valence-electron chi connectivity index (χ4n) is 7.29. The van der Waals surface area contributed by atoms with Crippen molar-refractivity contribution in [3.8, 4) is 0 Å². The molecule has 8 amide bonds. The summed E-state index contributed by atoms with van der Waals surface area (Å²) in [6.07, 6.45) is 2.29. The van der Waals surface area contributed by atoms with Crippen molar-refractivity contribution in [2.24, 2.45) is 11.7 Å². The normalized spacial score (nSPS) is 21.8. The highest BCUT2D eigenvalue weighted by atomic mass is 16.4. The first-order chi connectivity index (χ1) is 30.2. The van der Waals surface area contributed by atoms with E-state index in [1.54, 1.807) is 13.8 Å². The number of urea groups is 1. The molecule has 0 radical (unpaired) electrons. The molecule has 1 heterocycles. The Kier molecular flexibility index (Phi) is 22.1. The number of nitrogens with two attached hydrogens (primary N) is 1. The summed E-state index contributed by atoms with van der Waals surface area (Å²) in [6.45, 7) is 5.80. The lowest BCUT2D eigenvalue weighted by molar-refractivity contribution is -0.144. The van der Waals surface area contributed by atoms with E-state index in [4.69, 9.17) is 5.73 Å². The number of hydrogen-bond donors (Lipinski definition) is 9. The quantitative estimate of drug-likeness (QED) is 0.103. The molecule has 346 valence electrons. The fourth-order valence-corrected chi connectivity index (χ4v) is 7.29. The number of unbranched alkanes of at least 4 members (excludes halogenated alkanes) is 1. The lowest BCUT2D eigenvalue weighted by Crippen LogP contribution is -2.61. The third kappa shape index (κ3) is 17.0. The van der Waals surface area contributed by atoms with Gasteiger partial charge in [0, 0.05) is 26.6 Å². The summed E-state index contributed by atoms with van der Waals surface area (Å²) in [5.41, 5.74) is 7.19. The molecule has 63 heavy (non-hydrogen) atoms. The first kappa shape index (κ1) is 51.3. The monoisotopic (exact) mass is 878 g/mol. The van der Waals surface area contributed by atoms with Gasteiger partial charge in [-0.05, 0) is 81.9 Å². The van der Waals surface area contributed by atoms with Crippen LogP contribution < -0.4 is 43.0 Å². The van der Waals surface area contributed by atoms with Gasteiger partial charge in [0.05, 0.1) is 6.42 Å². The Morgan fingerprint density at radius 1 is 0.841 bits per heavy atom. The average Bonchev–Trinajstić information content (AvgIpc) is 3.27. The van der Waals surface area contributed by atoms with Crippen molar-refractivity contribution < 1.29 is 43.5 Å². The van der Waals surface area contributed by atoms with Crippen LogP contribution in [0, 0.1) is 5.92 Å². The van der Waals surface area contributed by atoms with Gasteiger partial charge in [0.1, 0.15) is 36.3 Å². The summed E-state index contributed by atoms with van der Waals surface area (Å²) >= 11 is 0. The van der Waals surface area contributed by atoms with E-state index in [2.05, 4.69) is 37.2 Å². The molecule has 1 fully saturated rings. The average molecular weight is 878 g/mol. The van der Waals surface area contributed by atoms with Crippen LogP contribution in [0.15, 0.2) is 60.7 Å². The highest BCUT2D eigenvalue weighted by Crippen LogP contribution is 2.16. The molecular formula is C45H67N9O9. The number of nitrogens with one attached hydrogen (secondary N) is 7. The maximum Gasteiger partial charge on any atom is 0.326 e. The van der Waals surface area contributed by atoms with Crippen molar-refractivity contribution in [1.29, 1.82) is 0 Å². The SMILES string of the molecule is CCC(C)C1NC(=O)C(NC(=O)NC(CCCCN)C(=O)O)CCCCNC(=O)C(Cc2ccccc2)N(CC)C(=O)C(CC(=O)NC)NC(=O)C(CCc2ccccc2)NC1=O. The Bertz CT molecular complexity index is 1820. The highest BCUT2D eigenvalue weighted by molar-refractivity contribution is 5.98. The number of carbonyl (C=O) groups excluding carboxylic acids is 7. The Hall–Kier alpha value is -6.04. The number of carbonyl (C=O) groups is 8. The molecule has 0 aliphatic carbocycles. The number of likely N-dealkylation sites (N-methyl/N-ethyl adjacent to an activating group) is 1. The van der Waals surface area contributed by atoms with Gasteiger partial charge >= 0.3 is 12.0 Å². The molecule has 0 saturated carbocycles. The summed E-state index contributed by atoms with van der Waals surface area (Å²) in [5, 5.41) is 28.5. The van der Waals surface area contributed by atoms with Crippen LogP contribution in [0.4, 0.5) is 4.79 Å². The number of nitrogens with zero attached hydrogens (tertiary/aromatic N) is 1. The zero-order valence-electron chi connectivity index (χ0n) is 37.0. The van der Waals surface area contributed by atoms with Gasteiger partial charge in [-0.15, -0.1) is 0 Å². The zero-order chi connectivity index (χ0) is 46.3. The predicted molar refractivity (Wildman–Crippen MR) is 237 cm³/mol. The van der Waals surface area contributed by atoms with Crippen LogP contribution in [0.25, 0.3) is 0 Å². The number of aryl methyl sites for hydroxylation is 1. The van der Waals surface area contributed by atoms with Crippen molar-refractivity contribution in [3.63, 3.8) is 0 Å². The van der Waals surface area contributed by atoms with Gasteiger partial charge < -0.3 is 53.0 Å². The minimum absolute atomic E-state index is 0.0468. The van der Waals surface area contributed by atoms with Gasteiger partial charge in [-0.1, -0.05) is 80.9 Å². The van der Waals surface area contributed by atoms with Gasteiger partial charge in [0.2, 0.25) is 35.4 Å². The summed E-state index contributed by atoms with van der Waals surface area (Å²) < 4.78 is 0. The molecular weight excluding hydrogens is 811 g/mol. The molecule has 1 saturated heterocycles. The number of aliphatic carboxylic acids is 1. The lowest BCUT2D eigenvalue weighted by Gasteiger charge is -2.34. The second-order valence-corrected chi connectivity index (χ2v) is 15.9. The van der Waals surface area contributed by atoms with Crippen LogP contribution in [-0.2, 0) is 46.4 Å². The molecule has 7 unspecified atom stereocenters. The molecule has 0 aromatic heterocycles. The number of carboxylic acid groups (broad SMARTS) is 1. The van der Waals surface area contributed by atoms with Crippen LogP contribution in [0.1, 0.15) is 89.7 Å². The van der Waals surface area contributed by atoms with Gasteiger partial charge in [0.15, 0.2) is 0 Å². The van der Waals surface area contributed by atoms with Gasteiger partial charge in [-0.3, -0.25) is 28.8 Å². The third-order valence-corrected chi connectivity index (χ3v) is 11.2. The van der Waals surface area contributed by atoms with E-state index in [0.717, 1.165) is 11.1 Å². The first-order valence-corrected chi connectivity index (χ1v) is 22.0. The molecule has 0 spiro atoms. The maximum absolute atomic E-state index is 14.6. The van der Waals surface area contributed by atoms with E-state index < -0.39 is 96.0 Å². The zero-order valence-corrected chi connectivity index (χ0v) is 37.0. The topological polar surface area (TPSA) is 270 Å². The van der Waals surface area contributed by atoms with Crippen molar-refractivity contribution in [2.45, 2.75) is 128 Å². The van der Waals surface area contributed by atoms with E-state index in [1.807, 2.05) is 67.6 Å². The van der Waals surface area contributed by atoms with E-state index in [-0.39, 0.29) is 38.8 Å².